The highest BCUT2D eigenvalue weighted by Crippen LogP contribution is 2.37. The minimum absolute atomic E-state index is 0.229. The normalized spacial score (nSPS) is 30.9. The summed E-state index contributed by atoms with van der Waals surface area (Å²) in [6, 6.07) is 8.56. The number of nitrogens with one attached hydrogen (secondary N) is 1. The molecule has 0 aromatic heterocycles. The molecular formula is C20H30N2O. The monoisotopic (exact) mass is 314 g/mol. The molecule has 0 spiro atoms. The highest BCUT2D eigenvalue weighted by atomic mass is 16.2. The van der Waals surface area contributed by atoms with Gasteiger partial charge in [0.15, 0.2) is 0 Å². The summed E-state index contributed by atoms with van der Waals surface area (Å²) in [4.78, 5) is 14.6. The van der Waals surface area contributed by atoms with Crippen LogP contribution >= 0.6 is 0 Å². The third-order valence-corrected chi connectivity index (χ3v) is 5.36. The van der Waals surface area contributed by atoms with E-state index in [2.05, 4.69) is 55.3 Å². The van der Waals surface area contributed by atoms with Gasteiger partial charge in [-0.25, -0.2) is 0 Å². The summed E-state index contributed by atoms with van der Waals surface area (Å²) in [6.07, 6.45) is 2.39. The van der Waals surface area contributed by atoms with Gasteiger partial charge in [-0.1, -0.05) is 45.0 Å². The van der Waals surface area contributed by atoms with Gasteiger partial charge in [0.2, 0.25) is 5.91 Å². The molecule has 3 nitrogen and oxygen atoms in total. The molecule has 126 valence electrons. The van der Waals surface area contributed by atoms with Gasteiger partial charge in [0.25, 0.3) is 0 Å². The van der Waals surface area contributed by atoms with Gasteiger partial charge in [-0.3, -0.25) is 9.69 Å². The van der Waals surface area contributed by atoms with Gasteiger partial charge >= 0.3 is 0 Å². The first-order valence-corrected chi connectivity index (χ1v) is 9.09. The van der Waals surface area contributed by atoms with E-state index in [9.17, 15) is 4.79 Å². The maximum absolute atomic E-state index is 12.1. The van der Waals surface area contributed by atoms with E-state index in [1.54, 1.807) is 0 Å². The Balaban J connectivity index is 1.60. The van der Waals surface area contributed by atoms with Crippen LogP contribution in [0.2, 0.25) is 0 Å². The Kier molecular flexibility index (Phi) is 5.05. The van der Waals surface area contributed by atoms with Crippen molar-refractivity contribution in [2.75, 3.05) is 13.1 Å². The summed E-state index contributed by atoms with van der Waals surface area (Å²) in [5.74, 6) is 2.61. The average Bonchev–Trinajstić information content (AvgIpc) is 3.22. The molecule has 3 heteroatoms. The minimum atomic E-state index is 0.229. The van der Waals surface area contributed by atoms with Crippen molar-refractivity contribution in [3.63, 3.8) is 0 Å². The fourth-order valence-electron chi connectivity index (χ4n) is 4.05. The van der Waals surface area contributed by atoms with Gasteiger partial charge in [-0.15, -0.1) is 0 Å². The van der Waals surface area contributed by atoms with E-state index in [1.807, 2.05) is 0 Å². The van der Waals surface area contributed by atoms with Crippen molar-refractivity contribution < 1.29 is 4.79 Å². The molecule has 1 aliphatic carbocycles. The van der Waals surface area contributed by atoms with Crippen LogP contribution in [-0.2, 0) is 17.9 Å². The number of hydrogen-bond acceptors (Lipinski definition) is 2. The first-order valence-electron chi connectivity index (χ1n) is 9.09. The summed E-state index contributed by atoms with van der Waals surface area (Å²) in [6.45, 7) is 10.9. The molecular weight excluding hydrogens is 284 g/mol. The number of carbonyl (C=O) groups is 1. The second-order valence-corrected chi connectivity index (χ2v) is 7.95. The van der Waals surface area contributed by atoms with Crippen LogP contribution in [0.4, 0.5) is 0 Å². The summed E-state index contributed by atoms with van der Waals surface area (Å²) in [7, 11) is 0. The van der Waals surface area contributed by atoms with Crippen LogP contribution < -0.4 is 5.32 Å². The van der Waals surface area contributed by atoms with Gasteiger partial charge in [-0.2, -0.15) is 0 Å². The zero-order valence-electron chi connectivity index (χ0n) is 14.7. The van der Waals surface area contributed by atoms with Crippen molar-refractivity contribution in [2.24, 2.45) is 23.7 Å². The first-order chi connectivity index (χ1) is 11.0. The Morgan fingerprint density at radius 3 is 2.30 bits per heavy atom. The molecule has 1 amide bonds. The van der Waals surface area contributed by atoms with Crippen LogP contribution in [0.25, 0.3) is 0 Å². The number of nitrogens with zero attached hydrogens (tertiary/aromatic N) is 1. The second kappa shape index (κ2) is 7.04. The van der Waals surface area contributed by atoms with E-state index in [-0.39, 0.29) is 11.8 Å². The Hall–Kier alpha value is -1.35. The van der Waals surface area contributed by atoms with E-state index in [0.717, 1.165) is 24.8 Å². The first kappa shape index (κ1) is 16.5. The molecule has 1 N–H and O–H groups in total. The predicted octanol–water partition coefficient (Wildman–Crippen LogP) is 3.44. The molecule has 0 bridgehead atoms. The minimum Gasteiger partial charge on any atom is -0.352 e. The molecule has 23 heavy (non-hydrogen) atoms. The van der Waals surface area contributed by atoms with Crippen LogP contribution in [0.5, 0.6) is 0 Å². The number of hydrogen-bond donors (Lipinski definition) is 1. The second-order valence-electron chi connectivity index (χ2n) is 7.95. The predicted molar refractivity (Wildman–Crippen MR) is 93.8 cm³/mol. The maximum Gasteiger partial charge on any atom is 0.223 e. The Morgan fingerprint density at radius 2 is 1.70 bits per heavy atom. The molecule has 1 aromatic carbocycles. The summed E-state index contributed by atoms with van der Waals surface area (Å²) < 4.78 is 0. The van der Waals surface area contributed by atoms with Gasteiger partial charge in [0.05, 0.1) is 0 Å². The molecule has 0 unspecified atom stereocenters. The highest BCUT2D eigenvalue weighted by molar-refractivity contribution is 5.81. The number of carbonyl (C=O) groups excluding carboxylic acids is 1. The molecule has 1 saturated heterocycles. The average molecular weight is 314 g/mol. The molecule has 2 aliphatic rings. The summed E-state index contributed by atoms with van der Waals surface area (Å²) in [5.41, 5.74) is 2.62. The van der Waals surface area contributed by atoms with Crippen LogP contribution in [0.3, 0.4) is 0 Å². The van der Waals surface area contributed by atoms with E-state index in [4.69, 9.17) is 0 Å². The lowest BCUT2D eigenvalue weighted by molar-refractivity contribution is -0.122. The lowest BCUT2D eigenvalue weighted by Gasteiger charge is -2.35. The van der Waals surface area contributed by atoms with Crippen molar-refractivity contribution >= 4 is 5.91 Å². The number of piperidine rings is 1. The summed E-state index contributed by atoms with van der Waals surface area (Å²) >= 11 is 0. The van der Waals surface area contributed by atoms with Crippen molar-refractivity contribution in [1.82, 2.24) is 10.2 Å². The van der Waals surface area contributed by atoms with E-state index < -0.39 is 0 Å². The standard InChI is InChI=1S/C20H30N2O/c1-14-8-15(2)12-22(11-14)13-18-7-5-4-6-17(18)10-21-20(23)19-9-16(19)3/h4-7,14-16,19H,8-13H2,1-3H3,(H,21,23)/t14-,15-,16+,19-/m1/s1. The highest BCUT2D eigenvalue weighted by Gasteiger charge is 2.38. The number of amides is 1. The molecule has 1 aromatic rings. The van der Waals surface area contributed by atoms with Crippen molar-refractivity contribution in [3.8, 4) is 0 Å². The lowest BCUT2D eigenvalue weighted by atomic mass is 9.91. The molecule has 2 fully saturated rings. The molecule has 1 saturated carbocycles. The molecule has 0 radical (unpaired) electrons. The number of rotatable bonds is 5. The Morgan fingerprint density at radius 1 is 1.09 bits per heavy atom. The van der Waals surface area contributed by atoms with Crippen molar-refractivity contribution in [1.29, 1.82) is 0 Å². The summed E-state index contributed by atoms with van der Waals surface area (Å²) in [5, 5.41) is 3.13. The van der Waals surface area contributed by atoms with Gasteiger partial charge in [-0.05, 0) is 41.7 Å². The number of likely N-dealkylation sites (tertiary alicyclic amines) is 1. The Labute approximate surface area is 140 Å². The number of benzene rings is 1. The van der Waals surface area contributed by atoms with E-state index in [1.165, 1.54) is 30.6 Å². The van der Waals surface area contributed by atoms with Crippen molar-refractivity contribution in [3.05, 3.63) is 35.4 Å². The largest absolute Gasteiger partial charge is 0.352 e. The van der Waals surface area contributed by atoms with Gasteiger partial charge in [0, 0.05) is 32.1 Å². The molecule has 3 rings (SSSR count). The Bertz CT molecular complexity index is 546. The van der Waals surface area contributed by atoms with E-state index in [0.29, 0.717) is 12.5 Å². The van der Waals surface area contributed by atoms with E-state index >= 15 is 0 Å². The van der Waals surface area contributed by atoms with Crippen LogP contribution in [0, 0.1) is 23.7 Å². The molecule has 1 aliphatic heterocycles. The third-order valence-electron chi connectivity index (χ3n) is 5.36. The molecule has 4 atom stereocenters. The lowest BCUT2D eigenvalue weighted by Crippen LogP contribution is -2.38. The zero-order chi connectivity index (χ0) is 16.4. The fourth-order valence-corrected chi connectivity index (χ4v) is 4.05. The van der Waals surface area contributed by atoms with Gasteiger partial charge in [0.1, 0.15) is 0 Å². The third kappa shape index (κ3) is 4.35. The quantitative estimate of drug-likeness (QED) is 0.903. The smallest absolute Gasteiger partial charge is 0.223 e. The SMILES string of the molecule is C[C@@H]1C[C@@H](C)CN(Cc2ccccc2CNC(=O)[C@@H]2C[C@@H]2C)C1. The van der Waals surface area contributed by atoms with Crippen LogP contribution in [0.1, 0.15) is 44.7 Å². The maximum atomic E-state index is 12.1. The topological polar surface area (TPSA) is 32.3 Å². The fraction of sp³-hybridized carbons (Fsp3) is 0.650. The van der Waals surface area contributed by atoms with Crippen LogP contribution in [0.15, 0.2) is 24.3 Å². The molecule has 1 heterocycles. The van der Waals surface area contributed by atoms with Gasteiger partial charge < -0.3 is 5.32 Å². The van der Waals surface area contributed by atoms with Crippen LogP contribution in [-0.4, -0.2) is 23.9 Å². The van der Waals surface area contributed by atoms with Crippen molar-refractivity contribution in [2.45, 2.75) is 46.7 Å². The zero-order valence-corrected chi connectivity index (χ0v) is 14.7.